The lowest BCUT2D eigenvalue weighted by Gasteiger charge is -2.36. The molecule has 4 rings (SSSR count). The summed E-state index contributed by atoms with van der Waals surface area (Å²) in [6, 6.07) is 10.1. The summed E-state index contributed by atoms with van der Waals surface area (Å²) in [5.41, 5.74) is 2.12. The number of amides is 1. The van der Waals surface area contributed by atoms with Gasteiger partial charge in [0.1, 0.15) is 0 Å². The number of ether oxygens (including phenoxy) is 1. The highest BCUT2D eigenvalue weighted by molar-refractivity contribution is 5.80. The van der Waals surface area contributed by atoms with Crippen LogP contribution in [0, 0.1) is 22.7 Å². The Morgan fingerprint density at radius 2 is 1.96 bits per heavy atom. The minimum atomic E-state index is 0.169. The highest BCUT2D eigenvalue weighted by Crippen LogP contribution is 2.50. The first kappa shape index (κ1) is 17.5. The molecule has 3 fully saturated rings. The zero-order valence-corrected chi connectivity index (χ0v) is 15.3. The SMILES string of the molecule is N#Cc1ccc(CN2CC[C@@]3(CCC[C@@H]3C(=O)N3CCOCC3)C2)cc1. The number of hydrogen-bond acceptors (Lipinski definition) is 4. The Labute approximate surface area is 155 Å². The fraction of sp³-hybridized carbons (Fsp3) is 0.619. The van der Waals surface area contributed by atoms with E-state index in [0.717, 1.165) is 45.6 Å². The molecule has 0 aromatic heterocycles. The normalized spacial score (nSPS) is 29.2. The minimum absolute atomic E-state index is 0.169. The summed E-state index contributed by atoms with van der Waals surface area (Å²) in [5, 5.41) is 8.94. The molecular weight excluding hydrogens is 326 g/mol. The summed E-state index contributed by atoms with van der Waals surface area (Å²) < 4.78 is 5.41. The standard InChI is InChI=1S/C21H27N3O2/c22-14-17-3-5-18(6-4-17)15-23-9-8-21(16-23)7-1-2-19(21)20(25)24-10-12-26-13-11-24/h3-6,19H,1-2,7-13,15-16H2/t19-,21+/m1/s1. The van der Waals surface area contributed by atoms with Crippen molar-refractivity contribution in [1.29, 1.82) is 5.26 Å². The molecule has 1 amide bonds. The molecule has 0 N–H and O–H groups in total. The molecule has 26 heavy (non-hydrogen) atoms. The van der Waals surface area contributed by atoms with E-state index in [4.69, 9.17) is 10.00 Å². The van der Waals surface area contributed by atoms with Crippen molar-refractivity contribution >= 4 is 5.91 Å². The van der Waals surface area contributed by atoms with Crippen molar-refractivity contribution in [3.63, 3.8) is 0 Å². The molecule has 2 heterocycles. The first-order valence-electron chi connectivity index (χ1n) is 9.78. The van der Waals surface area contributed by atoms with Crippen molar-refractivity contribution < 1.29 is 9.53 Å². The van der Waals surface area contributed by atoms with Gasteiger partial charge in [-0.1, -0.05) is 18.6 Å². The molecule has 5 heteroatoms. The topological polar surface area (TPSA) is 56.6 Å². The maximum atomic E-state index is 13.1. The van der Waals surface area contributed by atoms with E-state index in [9.17, 15) is 4.79 Å². The zero-order valence-electron chi connectivity index (χ0n) is 15.3. The third-order valence-electron chi connectivity index (χ3n) is 6.48. The number of morpholine rings is 1. The van der Waals surface area contributed by atoms with Gasteiger partial charge in [-0.15, -0.1) is 0 Å². The van der Waals surface area contributed by atoms with Crippen LogP contribution in [0.25, 0.3) is 0 Å². The number of hydrogen-bond donors (Lipinski definition) is 0. The average Bonchev–Trinajstić information content (AvgIpc) is 3.29. The van der Waals surface area contributed by atoms with Gasteiger partial charge >= 0.3 is 0 Å². The van der Waals surface area contributed by atoms with Gasteiger partial charge in [-0.2, -0.15) is 5.26 Å². The van der Waals surface area contributed by atoms with Crippen LogP contribution in [0.5, 0.6) is 0 Å². The largest absolute Gasteiger partial charge is 0.378 e. The molecule has 0 unspecified atom stereocenters. The first-order chi connectivity index (χ1) is 12.7. The van der Waals surface area contributed by atoms with Gasteiger partial charge in [0.05, 0.1) is 24.8 Å². The third kappa shape index (κ3) is 3.36. The van der Waals surface area contributed by atoms with E-state index in [1.54, 1.807) is 0 Å². The van der Waals surface area contributed by atoms with Crippen LogP contribution >= 0.6 is 0 Å². The summed E-state index contributed by atoms with van der Waals surface area (Å²) in [5.74, 6) is 0.553. The average molecular weight is 353 g/mol. The second-order valence-electron chi connectivity index (χ2n) is 8.01. The van der Waals surface area contributed by atoms with Crippen molar-refractivity contribution in [3.8, 4) is 6.07 Å². The molecule has 1 aliphatic carbocycles. The Balaban J connectivity index is 1.41. The molecule has 5 nitrogen and oxygen atoms in total. The summed E-state index contributed by atoms with van der Waals surface area (Å²) in [6.45, 7) is 5.85. The van der Waals surface area contributed by atoms with Crippen molar-refractivity contribution in [2.24, 2.45) is 11.3 Å². The van der Waals surface area contributed by atoms with Crippen LogP contribution < -0.4 is 0 Å². The Morgan fingerprint density at radius 1 is 1.19 bits per heavy atom. The van der Waals surface area contributed by atoms with Crippen molar-refractivity contribution in [2.45, 2.75) is 32.2 Å². The van der Waals surface area contributed by atoms with Crippen LogP contribution in [0.1, 0.15) is 36.8 Å². The Bertz CT molecular complexity index is 690. The van der Waals surface area contributed by atoms with E-state index in [-0.39, 0.29) is 11.3 Å². The maximum absolute atomic E-state index is 13.1. The molecule has 2 saturated heterocycles. The summed E-state index contributed by atoms with van der Waals surface area (Å²) >= 11 is 0. The highest BCUT2D eigenvalue weighted by atomic mass is 16.5. The molecular formula is C21H27N3O2. The molecule has 0 radical (unpaired) electrons. The molecule has 3 aliphatic rings. The molecule has 1 aromatic rings. The van der Waals surface area contributed by atoms with Gasteiger partial charge in [-0.25, -0.2) is 0 Å². The van der Waals surface area contributed by atoms with Crippen LogP contribution in [0.2, 0.25) is 0 Å². The molecule has 2 atom stereocenters. The van der Waals surface area contributed by atoms with Gasteiger partial charge in [-0.3, -0.25) is 9.69 Å². The summed E-state index contributed by atoms with van der Waals surface area (Å²) in [6.07, 6.45) is 4.52. The zero-order chi connectivity index (χ0) is 18.0. The lowest BCUT2D eigenvalue weighted by atomic mass is 9.76. The van der Waals surface area contributed by atoms with Gasteiger partial charge in [0.25, 0.3) is 0 Å². The Kier molecular flexibility index (Phi) is 4.97. The number of benzene rings is 1. The number of likely N-dealkylation sites (tertiary alicyclic amines) is 1. The van der Waals surface area contributed by atoms with E-state index in [1.165, 1.54) is 18.4 Å². The third-order valence-corrected chi connectivity index (χ3v) is 6.48. The van der Waals surface area contributed by atoms with E-state index in [0.29, 0.717) is 24.7 Å². The van der Waals surface area contributed by atoms with Crippen LogP contribution in [-0.2, 0) is 16.1 Å². The molecule has 1 saturated carbocycles. The minimum Gasteiger partial charge on any atom is -0.378 e. The van der Waals surface area contributed by atoms with Crippen molar-refractivity contribution in [1.82, 2.24) is 9.80 Å². The first-order valence-corrected chi connectivity index (χ1v) is 9.78. The molecule has 1 aromatic carbocycles. The lowest BCUT2D eigenvalue weighted by Crippen LogP contribution is -2.47. The molecule has 138 valence electrons. The number of carbonyl (C=O) groups excluding carboxylic acids is 1. The van der Waals surface area contributed by atoms with Crippen LogP contribution in [-0.4, -0.2) is 55.1 Å². The molecule has 2 aliphatic heterocycles. The van der Waals surface area contributed by atoms with Gasteiger partial charge < -0.3 is 9.64 Å². The smallest absolute Gasteiger partial charge is 0.226 e. The number of nitriles is 1. The fourth-order valence-corrected chi connectivity index (χ4v) is 5.08. The summed E-state index contributed by atoms with van der Waals surface area (Å²) in [7, 11) is 0. The van der Waals surface area contributed by atoms with E-state index in [2.05, 4.69) is 23.1 Å². The summed E-state index contributed by atoms with van der Waals surface area (Å²) in [4.78, 5) is 17.6. The van der Waals surface area contributed by atoms with Crippen LogP contribution in [0.15, 0.2) is 24.3 Å². The van der Waals surface area contributed by atoms with Gasteiger partial charge in [0, 0.05) is 32.1 Å². The van der Waals surface area contributed by atoms with Crippen LogP contribution in [0.4, 0.5) is 0 Å². The van der Waals surface area contributed by atoms with Crippen LogP contribution in [0.3, 0.4) is 0 Å². The second kappa shape index (κ2) is 7.38. The van der Waals surface area contributed by atoms with E-state index in [1.807, 2.05) is 17.0 Å². The van der Waals surface area contributed by atoms with Gasteiger partial charge in [-0.05, 0) is 48.9 Å². The predicted molar refractivity (Wildman–Crippen MR) is 98.2 cm³/mol. The second-order valence-corrected chi connectivity index (χ2v) is 8.01. The molecule has 1 spiro atoms. The quantitative estimate of drug-likeness (QED) is 0.837. The van der Waals surface area contributed by atoms with Crippen molar-refractivity contribution in [2.75, 3.05) is 39.4 Å². The fourth-order valence-electron chi connectivity index (χ4n) is 5.08. The van der Waals surface area contributed by atoms with Gasteiger partial charge in [0.2, 0.25) is 5.91 Å². The Morgan fingerprint density at radius 3 is 2.69 bits per heavy atom. The number of rotatable bonds is 3. The van der Waals surface area contributed by atoms with E-state index >= 15 is 0 Å². The Hall–Kier alpha value is -1.90. The number of carbonyl (C=O) groups is 1. The molecule has 0 bridgehead atoms. The monoisotopic (exact) mass is 353 g/mol. The number of nitrogens with zero attached hydrogens (tertiary/aromatic N) is 3. The predicted octanol–water partition coefficient (Wildman–Crippen LogP) is 2.41. The maximum Gasteiger partial charge on any atom is 0.226 e. The van der Waals surface area contributed by atoms with E-state index < -0.39 is 0 Å². The van der Waals surface area contributed by atoms with Gasteiger partial charge in [0.15, 0.2) is 0 Å². The van der Waals surface area contributed by atoms with Crippen molar-refractivity contribution in [3.05, 3.63) is 35.4 Å². The lowest BCUT2D eigenvalue weighted by molar-refractivity contribution is -0.143. The highest BCUT2D eigenvalue weighted by Gasteiger charge is 2.51.